The van der Waals surface area contributed by atoms with Crippen molar-refractivity contribution in [3.8, 4) is 11.3 Å². The SMILES string of the molecule is CC(C)CN(CC(C)C)c1ccc(C(c2ccc(N(CC(C)C)CC(C)C)cc2)c2c(-c3ccccc3)n(C)c3ccccc23)cc1. The molecule has 0 bridgehead atoms. The number of hydrogen-bond acceptors (Lipinski definition) is 2. The Morgan fingerprint density at radius 1 is 0.489 bits per heavy atom. The van der Waals surface area contributed by atoms with E-state index in [1.807, 2.05) is 0 Å². The third-order valence-corrected chi connectivity index (χ3v) is 9.01. The van der Waals surface area contributed by atoms with Gasteiger partial charge in [-0.3, -0.25) is 0 Å². The smallest absolute Gasteiger partial charge is 0.0530 e. The Bertz CT molecular complexity index is 1600. The van der Waals surface area contributed by atoms with Crippen molar-refractivity contribution in [2.24, 2.45) is 30.7 Å². The van der Waals surface area contributed by atoms with Crippen LogP contribution in [-0.4, -0.2) is 30.7 Å². The lowest BCUT2D eigenvalue weighted by molar-refractivity contribution is 0.552. The van der Waals surface area contributed by atoms with Crippen molar-refractivity contribution in [1.82, 2.24) is 4.57 Å². The van der Waals surface area contributed by atoms with E-state index in [1.165, 1.54) is 50.2 Å². The van der Waals surface area contributed by atoms with E-state index in [2.05, 4.69) is 180 Å². The topological polar surface area (TPSA) is 11.4 Å². The summed E-state index contributed by atoms with van der Waals surface area (Å²) < 4.78 is 2.40. The van der Waals surface area contributed by atoms with E-state index in [-0.39, 0.29) is 5.92 Å². The van der Waals surface area contributed by atoms with Gasteiger partial charge < -0.3 is 14.4 Å². The second-order valence-electron chi connectivity index (χ2n) is 15.2. The molecule has 0 radical (unpaired) electrons. The molecule has 0 N–H and O–H groups in total. The maximum absolute atomic E-state index is 2.56. The Labute approximate surface area is 285 Å². The molecule has 0 aliphatic rings. The molecular weight excluding hydrogens is 571 g/mol. The number of anilines is 2. The Kier molecular flexibility index (Phi) is 11.2. The van der Waals surface area contributed by atoms with Gasteiger partial charge in [-0.2, -0.15) is 0 Å². The van der Waals surface area contributed by atoms with Gasteiger partial charge in [0.2, 0.25) is 0 Å². The van der Waals surface area contributed by atoms with E-state index in [1.54, 1.807) is 0 Å². The van der Waals surface area contributed by atoms with E-state index in [0.717, 1.165) is 26.2 Å². The van der Waals surface area contributed by atoms with Crippen LogP contribution >= 0.6 is 0 Å². The first-order chi connectivity index (χ1) is 22.5. The van der Waals surface area contributed by atoms with Gasteiger partial charge in [-0.15, -0.1) is 0 Å². The first-order valence-corrected chi connectivity index (χ1v) is 17.9. The fraction of sp³-hybridized carbons (Fsp3) is 0.409. The molecule has 3 nitrogen and oxygen atoms in total. The molecule has 1 heterocycles. The zero-order valence-corrected chi connectivity index (χ0v) is 30.4. The van der Waals surface area contributed by atoms with Gasteiger partial charge in [0.15, 0.2) is 0 Å². The Morgan fingerprint density at radius 2 is 0.894 bits per heavy atom. The number of hydrogen-bond donors (Lipinski definition) is 0. The van der Waals surface area contributed by atoms with Crippen LogP contribution in [0.3, 0.4) is 0 Å². The fourth-order valence-electron chi connectivity index (χ4n) is 7.27. The highest BCUT2D eigenvalue weighted by molar-refractivity contribution is 5.93. The Hall–Kier alpha value is -3.98. The van der Waals surface area contributed by atoms with E-state index < -0.39 is 0 Å². The van der Waals surface area contributed by atoms with Crippen LogP contribution in [0.1, 0.15) is 78.0 Å². The predicted octanol–water partition coefficient (Wildman–Crippen LogP) is 11.3. The summed E-state index contributed by atoms with van der Waals surface area (Å²) in [6.07, 6.45) is 0. The van der Waals surface area contributed by atoms with Gasteiger partial charge in [0.05, 0.1) is 5.69 Å². The van der Waals surface area contributed by atoms with Crippen molar-refractivity contribution >= 4 is 22.3 Å². The zero-order chi connectivity index (χ0) is 33.7. The quantitative estimate of drug-likeness (QED) is 0.121. The van der Waals surface area contributed by atoms with Crippen molar-refractivity contribution in [3.05, 3.63) is 120 Å². The molecule has 0 aliphatic heterocycles. The highest BCUT2D eigenvalue weighted by Gasteiger charge is 2.27. The lowest BCUT2D eigenvalue weighted by Gasteiger charge is -2.30. The molecule has 248 valence electrons. The fourth-order valence-corrected chi connectivity index (χ4v) is 7.27. The van der Waals surface area contributed by atoms with Gasteiger partial charge in [0.25, 0.3) is 0 Å². The molecule has 0 aliphatic carbocycles. The van der Waals surface area contributed by atoms with Crippen molar-refractivity contribution in [2.75, 3.05) is 36.0 Å². The van der Waals surface area contributed by atoms with Gasteiger partial charge in [0, 0.05) is 61.4 Å². The monoisotopic (exact) mass is 627 g/mol. The van der Waals surface area contributed by atoms with Crippen LogP contribution in [0.15, 0.2) is 103 Å². The van der Waals surface area contributed by atoms with Crippen LogP contribution in [-0.2, 0) is 7.05 Å². The molecule has 5 rings (SSSR count). The predicted molar refractivity (Wildman–Crippen MR) is 206 cm³/mol. The minimum Gasteiger partial charge on any atom is -0.371 e. The standard InChI is InChI=1S/C44H57N3/c1-31(2)27-46(28-32(3)4)38-23-19-35(20-24-38)42(36-21-25-39(26-22-36)47(29-33(5)6)30-34(7)8)43-40-17-13-14-18-41(40)45(9)44(43)37-15-11-10-12-16-37/h10-26,31-34,42H,27-30H2,1-9H3. The normalized spacial score (nSPS) is 12.0. The molecule has 0 saturated carbocycles. The van der Waals surface area contributed by atoms with E-state index in [0.29, 0.717) is 23.7 Å². The third kappa shape index (κ3) is 8.12. The molecule has 5 aromatic rings. The average molecular weight is 628 g/mol. The summed E-state index contributed by atoms with van der Waals surface area (Å²) in [5.41, 5.74) is 10.4. The van der Waals surface area contributed by atoms with Crippen LogP contribution in [0.25, 0.3) is 22.2 Å². The molecule has 0 unspecified atom stereocenters. The maximum Gasteiger partial charge on any atom is 0.0530 e. The molecule has 0 fully saturated rings. The summed E-state index contributed by atoms with van der Waals surface area (Å²) in [5, 5.41) is 1.31. The number of fused-ring (bicyclic) bond motifs is 1. The van der Waals surface area contributed by atoms with E-state index in [4.69, 9.17) is 0 Å². The summed E-state index contributed by atoms with van der Waals surface area (Å²) in [7, 11) is 2.23. The molecule has 0 atom stereocenters. The minimum atomic E-state index is 0.0756. The van der Waals surface area contributed by atoms with Gasteiger partial charge in [-0.1, -0.05) is 128 Å². The number of rotatable bonds is 14. The van der Waals surface area contributed by atoms with Crippen LogP contribution in [0.4, 0.5) is 11.4 Å². The molecule has 0 spiro atoms. The number of nitrogens with zero attached hydrogens (tertiary/aromatic N) is 3. The second-order valence-corrected chi connectivity index (χ2v) is 15.2. The first-order valence-electron chi connectivity index (χ1n) is 17.9. The summed E-state index contributed by atoms with van der Waals surface area (Å²) in [6.45, 7) is 22.8. The zero-order valence-electron chi connectivity index (χ0n) is 30.4. The number of aryl methyl sites for hydroxylation is 1. The maximum atomic E-state index is 2.56. The Morgan fingerprint density at radius 3 is 1.32 bits per heavy atom. The third-order valence-electron chi connectivity index (χ3n) is 9.01. The van der Waals surface area contributed by atoms with Crippen molar-refractivity contribution in [1.29, 1.82) is 0 Å². The lowest BCUT2D eigenvalue weighted by atomic mass is 9.82. The van der Waals surface area contributed by atoms with Crippen LogP contribution < -0.4 is 9.80 Å². The average Bonchev–Trinajstić information content (AvgIpc) is 3.32. The van der Waals surface area contributed by atoms with Gasteiger partial charge in [-0.05, 0) is 76.3 Å². The van der Waals surface area contributed by atoms with Gasteiger partial charge in [-0.25, -0.2) is 0 Å². The van der Waals surface area contributed by atoms with Crippen molar-refractivity contribution < 1.29 is 0 Å². The molecule has 0 saturated heterocycles. The van der Waals surface area contributed by atoms with Crippen LogP contribution in [0, 0.1) is 23.7 Å². The molecule has 47 heavy (non-hydrogen) atoms. The van der Waals surface area contributed by atoms with Crippen molar-refractivity contribution in [3.63, 3.8) is 0 Å². The van der Waals surface area contributed by atoms with E-state index >= 15 is 0 Å². The molecule has 1 aromatic heterocycles. The first kappa shape index (κ1) is 34.4. The van der Waals surface area contributed by atoms with Crippen molar-refractivity contribution in [2.45, 2.75) is 61.3 Å². The highest BCUT2D eigenvalue weighted by atomic mass is 15.1. The number of benzene rings is 4. The molecule has 0 amide bonds. The molecular formula is C44H57N3. The van der Waals surface area contributed by atoms with Gasteiger partial charge in [0.1, 0.15) is 0 Å². The molecule has 3 heteroatoms. The minimum absolute atomic E-state index is 0.0756. The summed E-state index contributed by atoms with van der Waals surface area (Å²) in [4.78, 5) is 5.13. The van der Waals surface area contributed by atoms with Crippen LogP contribution in [0.2, 0.25) is 0 Å². The summed E-state index contributed by atoms with van der Waals surface area (Å²) in [6, 6.07) is 38.9. The number of aromatic nitrogens is 1. The molecule has 4 aromatic carbocycles. The van der Waals surface area contributed by atoms with Gasteiger partial charge >= 0.3 is 0 Å². The summed E-state index contributed by atoms with van der Waals surface area (Å²) in [5.74, 6) is 2.50. The van der Waals surface area contributed by atoms with E-state index in [9.17, 15) is 0 Å². The summed E-state index contributed by atoms with van der Waals surface area (Å²) >= 11 is 0. The second kappa shape index (κ2) is 15.3. The lowest BCUT2D eigenvalue weighted by Crippen LogP contribution is -2.31. The number of para-hydroxylation sites is 1. The largest absolute Gasteiger partial charge is 0.371 e. The Balaban J connectivity index is 1.69. The highest BCUT2D eigenvalue weighted by Crippen LogP contribution is 2.44. The van der Waals surface area contributed by atoms with Crippen LogP contribution in [0.5, 0.6) is 0 Å².